The fraction of sp³-hybridized carbons (Fsp3) is 0.400. The van der Waals surface area contributed by atoms with E-state index in [1.165, 1.54) is 11.8 Å². The van der Waals surface area contributed by atoms with Crippen LogP contribution in [0.3, 0.4) is 0 Å². The normalized spacial score (nSPS) is 10.6. The van der Waals surface area contributed by atoms with E-state index in [9.17, 15) is 0 Å². The first kappa shape index (κ1) is 11.8. The van der Waals surface area contributed by atoms with E-state index in [0.29, 0.717) is 28.3 Å². The highest BCUT2D eigenvalue weighted by molar-refractivity contribution is 7.98. The van der Waals surface area contributed by atoms with Gasteiger partial charge in [-0.15, -0.1) is 0 Å². The highest BCUT2D eigenvalue weighted by Crippen LogP contribution is 2.22. The lowest BCUT2D eigenvalue weighted by Gasteiger charge is -1.99. The average molecular weight is 251 g/mol. The highest BCUT2D eigenvalue weighted by atomic mass is 32.2. The van der Waals surface area contributed by atoms with Crippen LogP contribution in [0.25, 0.3) is 0 Å². The Labute approximate surface area is 103 Å². The molecule has 2 aromatic heterocycles. The molecule has 2 rings (SSSR count). The molecule has 90 valence electrons. The van der Waals surface area contributed by atoms with Gasteiger partial charge in [0, 0.05) is 18.8 Å². The smallest absolute Gasteiger partial charge is 0.226 e. The van der Waals surface area contributed by atoms with E-state index in [1.54, 1.807) is 12.4 Å². The Morgan fingerprint density at radius 1 is 1.35 bits per heavy atom. The zero-order valence-corrected chi connectivity index (χ0v) is 10.3. The predicted molar refractivity (Wildman–Crippen MR) is 64.3 cm³/mol. The number of rotatable bonds is 5. The average Bonchev–Trinajstić information content (AvgIpc) is 2.76. The summed E-state index contributed by atoms with van der Waals surface area (Å²) in [7, 11) is 0. The van der Waals surface area contributed by atoms with Crippen molar-refractivity contribution < 1.29 is 4.52 Å². The van der Waals surface area contributed by atoms with E-state index in [-0.39, 0.29) is 0 Å². The third kappa shape index (κ3) is 3.16. The maximum Gasteiger partial charge on any atom is 0.226 e. The summed E-state index contributed by atoms with van der Waals surface area (Å²) in [6, 6.07) is 0. The molecule has 0 saturated heterocycles. The zero-order chi connectivity index (χ0) is 12.1. The number of nitrogens with two attached hydrogens (primary N) is 1. The van der Waals surface area contributed by atoms with Crippen LogP contribution >= 0.6 is 11.8 Å². The van der Waals surface area contributed by atoms with Crippen molar-refractivity contribution in [1.82, 2.24) is 20.1 Å². The fourth-order valence-electron chi connectivity index (χ4n) is 1.24. The minimum Gasteiger partial charge on any atom is -0.381 e. The molecule has 0 aliphatic carbocycles. The van der Waals surface area contributed by atoms with Crippen molar-refractivity contribution in [3.8, 4) is 0 Å². The Morgan fingerprint density at radius 3 is 2.94 bits per heavy atom. The maximum atomic E-state index is 5.68. The number of aromatic nitrogens is 4. The molecule has 0 aliphatic heterocycles. The molecule has 2 aromatic rings. The Bertz CT molecular complexity index is 487. The second-order valence-corrected chi connectivity index (χ2v) is 4.35. The van der Waals surface area contributed by atoms with Crippen molar-refractivity contribution >= 4 is 17.6 Å². The van der Waals surface area contributed by atoms with Crippen molar-refractivity contribution in [2.45, 2.75) is 30.5 Å². The number of hydrogen-bond donors (Lipinski definition) is 1. The maximum absolute atomic E-state index is 5.68. The van der Waals surface area contributed by atoms with Crippen LogP contribution in [-0.4, -0.2) is 20.1 Å². The molecule has 0 amide bonds. The van der Waals surface area contributed by atoms with Gasteiger partial charge >= 0.3 is 0 Å². The van der Waals surface area contributed by atoms with E-state index >= 15 is 0 Å². The van der Waals surface area contributed by atoms with E-state index in [2.05, 4.69) is 27.0 Å². The topological polar surface area (TPSA) is 90.7 Å². The predicted octanol–water partition coefficient (Wildman–Crippen LogP) is 1.69. The van der Waals surface area contributed by atoms with Gasteiger partial charge in [-0.25, -0.2) is 9.97 Å². The minimum absolute atomic E-state index is 0.426. The lowest BCUT2D eigenvalue weighted by atomic mass is 10.3. The molecule has 0 unspecified atom stereocenters. The van der Waals surface area contributed by atoms with Crippen LogP contribution in [0.5, 0.6) is 0 Å². The van der Waals surface area contributed by atoms with Crippen LogP contribution in [0.1, 0.15) is 25.1 Å². The molecule has 7 heteroatoms. The lowest BCUT2D eigenvalue weighted by Crippen LogP contribution is -1.95. The highest BCUT2D eigenvalue weighted by Gasteiger charge is 2.08. The van der Waals surface area contributed by atoms with Crippen molar-refractivity contribution in [1.29, 1.82) is 0 Å². The first-order chi connectivity index (χ1) is 8.29. The molecule has 0 spiro atoms. The van der Waals surface area contributed by atoms with Gasteiger partial charge in [0.2, 0.25) is 5.89 Å². The number of hydrogen-bond acceptors (Lipinski definition) is 7. The molecular weight excluding hydrogens is 238 g/mol. The fourth-order valence-corrected chi connectivity index (χ4v) is 1.96. The first-order valence-electron chi connectivity index (χ1n) is 5.30. The van der Waals surface area contributed by atoms with Crippen LogP contribution in [0.15, 0.2) is 21.9 Å². The molecule has 0 radical (unpaired) electrons. The monoisotopic (exact) mass is 251 g/mol. The van der Waals surface area contributed by atoms with Crippen LogP contribution < -0.4 is 5.73 Å². The second-order valence-electron chi connectivity index (χ2n) is 3.39. The number of aryl methyl sites for hydroxylation is 1. The molecular formula is C10H13N5OS. The minimum atomic E-state index is 0.426. The third-order valence-electron chi connectivity index (χ3n) is 2.00. The van der Waals surface area contributed by atoms with E-state index in [4.69, 9.17) is 10.3 Å². The second kappa shape index (κ2) is 5.62. The molecule has 0 aromatic carbocycles. The van der Waals surface area contributed by atoms with Gasteiger partial charge in [0.15, 0.2) is 11.6 Å². The van der Waals surface area contributed by atoms with Gasteiger partial charge in [-0.05, 0) is 6.42 Å². The Hall–Kier alpha value is -1.63. The van der Waals surface area contributed by atoms with Crippen LogP contribution in [0, 0.1) is 0 Å². The molecule has 17 heavy (non-hydrogen) atoms. The Morgan fingerprint density at radius 2 is 2.18 bits per heavy atom. The molecule has 2 N–H and O–H groups in total. The molecule has 0 fully saturated rings. The van der Waals surface area contributed by atoms with E-state index in [0.717, 1.165) is 12.8 Å². The van der Waals surface area contributed by atoms with Gasteiger partial charge in [-0.3, -0.25) is 0 Å². The quantitative estimate of drug-likeness (QED) is 0.808. The number of anilines is 1. The van der Waals surface area contributed by atoms with Crippen LogP contribution in [0.4, 0.5) is 5.82 Å². The number of thioether (sulfide) groups is 1. The molecule has 0 atom stereocenters. The van der Waals surface area contributed by atoms with Gasteiger partial charge in [-0.1, -0.05) is 23.8 Å². The van der Waals surface area contributed by atoms with Crippen LogP contribution in [-0.2, 0) is 12.2 Å². The van der Waals surface area contributed by atoms with Gasteiger partial charge in [-0.2, -0.15) is 4.98 Å². The van der Waals surface area contributed by atoms with Crippen molar-refractivity contribution in [3.63, 3.8) is 0 Å². The molecule has 0 bridgehead atoms. The summed E-state index contributed by atoms with van der Waals surface area (Å²) in [4.78, 5) is 12.3. The van der Waals surface area contributed by atoms with Gasteiger partial charge in [0.25, 0.3) is 0 Å². The van der Waals surface area contributed by atoms with E-state index in [1.807, 2.05) is 0 Å². The standard InChI is InChI=1S/C10H13N5OS/c1-2-3-8-14-7(15-16-8)6-17-10-9(11)12-4-5-13-10/h4-5H,2-3,6H2,1H3,(H2,11,12). The van der Waals surface area contributed by atoms with Crippen molar-refractivity contribution in [2.75, 3.05) is 5.73 Å². The van der Waals surface area contributed by atoms with E-state index < -0.39 is 0 Å². The van der Waals surface area contributed by atoms with Gasteiger partial charge < -0.3 is 10.3 Å². The Kier molecular flexibility index (Phi) is 3.92. The van der Waals surface area contributed by atoms with Gasteiger partial charge in [0.05, 0.1) is 5.75 Å². The SMILES string of the molecule is CCCc1nc(CSc2nccnc2N)no1. The molecule has 6 nitrogen and oxygen atoms in total. The molecule has 0 saturated carbocycles. The summed E-state index contributed by atoms with van der Waals surface area (Å²) < 4.78 is 5.08. The van der Waals surface area contributed by atoms with Crippen LogP contribution in [0.2, 0.25) is 0 Å². The summed E-state index contributed by atoms with van der Waals surface area (Å²) >= 11 is 1.45. The van der Waals surface area contributed by atoms with Crippen molar-refractivity contribution in [3.05, 3.63) is 24.1 Å². The largest absolute Gasteiger partial charge is 0.381 e. The third-order valence-corrected chi connectivity index (χ3v) is 2.99. The Balaban J connectivity index is 1.95. The summed E-state index contributed by atoms with van der Waals surface area (Å²) in [6.07, 6.45) is 4.97. The first-order valence-corrected chi connectivity index (χ1v) is 6.29. The molecule has 0 aliphatic rings. The number of nitrogen functional groups attached to an aromatic ring is 1. The summed E-state index contributed by atoms with van der Waals surface area (Å²) in [6.45, 7) is 2.07. The summed E-state index contributed by atoms with van der Waals surface area (Å²) in [5, 5.41) is 4.57. The lowest BCUT2D eigenvalue weighted by molar-refractivity contribution is 0.373. The summed E-state index contributed by atoms with van der Waals surface area (Å²) in [5.41, 5.74) is 5.68. The number of nitrogens with zero attached hydrogens (tertiary/aromatic N) is 4. The van der Waals surface area contributed by atoms with Gasteiger partial charge in [0.1, 0.15) is 5.03 Å². The van der Waals surface area contributed by atoms with Crippen molar-refractivity contribution in [2.24, 2.45) is 0 Å². The zero-order valence-electron chi connectivity index (χ0n) is 9.46. The molecule has 2 heterocycles. The summed E-state index contributed by atoms with van der Waals surface area (Å²) in [5.74, 6) is 2.34.